The quantitative estimate of drug-likeness (QED) is 0.119. The molecule has 0 spiro atoms. The Balaban J connectivity index is 5.13. The first-order valence-electron chi connectivity index (χ1n) is 9.87. The van der Waals surface area contributed by atoms with Crippen molar-refractivity contribution in [1.29, 1.82) is 0 Å². The first kappa shape index (κ1) is 32.4. The Morgan fingerprint density at radius 3 is 1.52 bits per heavy atom. The van der Waals surface area contributed by atoms with E-state index in [-0.39, 0.29) is 5.75 Å². The van der Waals surface area contributed by atoms with Crippen molar-refractivity contribution in [2.24, 2.45) is 0 Å². The Bertz CT molecular complexity index is 603. The SMILES string of the molecule is CCCCCC[N+](C)(C)CCSCCC(F)(F)C(F)(F)C(F)(F)C(F)(F)C(F)(F)C(F)(F)F. The summed E-state index contributed by atoms with van der Waals surface area (Å²) in [4.78, 5) is 0. The first-order valence-corrected chi connectivity index (χ1v) is 11.0. The minimum absolute atomic E-state index is 0.0983. The highest BCUT2D eigenvalue weighted by molar-refractivity contribution is 7.99. The molecule has 0 aromatic heterocycles. The zero-order valence-corrected chi connectivity index (χ0v) is 18.9. The van der Waals surface area contributed by atoms with Crippen LogP contribution in [0.25, 0.3) is 0 Å². The number of nitrogens with zero attached hydrogens (tertiary/aromatic N) is 1. The van der Waals surface area contributed by atoms with E-state index in [2.05, 4.69) is 0 Å². The molecule has 0 fully saturated rings. The topological polar surface area (TPSA) is 0 Å². The number of rotatable bonds is 15. The predicted octanol–water partition coefficient (Wildman–Crippen LogP) is 7.51. The van der Waals surface area contributed by atoms with E-state index in [4.69, 9.17) is 0 Å². The molecule has 0 aliphatic heterocycles. The van der Waals surface area contributed by atoms with Crippen LogP contribution in [0.1, 0.15) is 39.0 Å². The summed E-state index contributed by atoms with van der Waals surface area (Å²) in [6, 6.07) is 0. The second-order valence-electron chi connectivity index (χ2n) is 8.31. The highest BCUT2D eigenvalue weighted by atomic mass is 32.2. The molecule has 0 rings (SSSR count). The smallest absolute Gasteiger partial charge is 0.328 e. The summed E-state index contributed by atoms with van der Waals surface area (Å²) >= 11 is 0.605. The molecule has 0 atom stereocenters. The van der Waals surface area contributed by atoms with E-state index < -0.39 is 48.0 Å². The van der Waals surface area contributed by atoms with Gasteiger partial charge in [-0.1, -0.05) is 19.8 Å². The van der Waals surface area contributed by atoms with E-state index in [9.17, 15) is 57.1 Å². The average molecular weight is 536 g/mol. The van der Waals surface area contributed by atoms with Gasteiger partial charge in [0.15, 0.2) is 0 Å². The molecule has 0 heterocycles. The van der Waals surface area contributed by atoms with Crippen LogP contribution in [0.4, 0.5) is 57.1 Å². The maximum Gasteiger partial charge on any atom is 0.460 e. The fourth-order valence-corrected chi connectivity index (χ4v) is 3.88. The van der Waals surface area contributed by atoms with Gasteiger partial charge < -0.3 is 4.48 Å². The molecule has 0 aliphatic carbocycles. The van der Waals surface area contributed by atoms with Crippen molar-refractivity contribution in [3.63, 3.8) is 0 Å². The molecule has 0 bridgehead atoms. The molecule has 0 saturated carbocycles. The van der Waals surface area contributed by atoms with Gasteiger partial charge in [-0.25, -0.2) is 0 Å². The minimum Gasteiger partial charge on any atom is -0.328 e. The summed E-state index contributed by atoms with van der Waals surface area (Å²) in [7, 11) is 3.61. The van der Waals surface area contributed by atoms with E-state index in [1.807, 2.05) is 6.92 Å². The number of alkyl halides is 13. The van der Waals surface area contributed by atoms with Crippen molar-refractivity contribution in [3.05, 3.63) is 0 Å². The Labute approximate surface area is 187 Å². The van der Waals surface area contributed by atoms with Crippen LogP contribution < -0.4 is 0 Å². The lowest BCUT2D eigenvalue weighted by Crippen LogP contribution is -2.70. The van der Waals surface area contributed by atoms with Crippen molar-refractivity contribution < 1.29 is 61.6 Å². The van der Waals surface area contributed by atoms with E-state index in [0.29, 0.717) is 29.3 Å². The monoisotopic (exact) mass is 536 g/mol. The Hall–Kier alpha value is -0.600. The fourth-order valence-electron chi connectivity index (χ4n) is 2.65. The van der Waals surface area contributed by atoms with Crippen LogP contribution in [-0.2, 0) is 0 Å². The van der Waals surface area contributed by atoms with Gasteiger partial charge in [-0.05, 0) is 18.6 Å². The highest BCUT2D eigenvalue weighted by Gasteiger charge is 2.90. The summed E-state index contributed by atoms with van der Waals surface area (Å²) in [5.74, 6) is -37.2. The van der Waals surface area contributed by atoms with Gasteiger partial charge in [0.05, 0.1) is 27.2 Å². The predicted molar refractivity (Wildman–Crippen MR) is 98.7 cm³/mol. The van der Waals surface area contributed by atoms with E-state index in [1.165, 1.54) is 0 Å². The Kier molecular flexibility index (Phi) is 10.8. The van der Waals surface area contributed by atoms with E-state index in [1.54, 1.807) is 14.1 Å². The fraction of sp³-hybridized carbons (Fsp3) is 1.00. The van der Waals surface area contributed by atoms with Crippen LogP contribution in [-0.4, -0.2) is 79.0 Å². The zero-order chi connectivity index (χ0) is 26.6. The zero-order valence-electron chi connectivity index (χ0n) is 18.1. The Morgan fingerprint density at radius 2 is 1.06 bits per heavy atom. The minimum atomic E-state index is -7.84. The van der Waals surface area contributed by atoms with Gasteiger partial charge in [0.1, 0.15) is 0 Å². The van der Waals surface area contributed by atoms with E-state index in [0.717, 1.165) is 25.7 Å². The summed E-state index contributed by atoms with van der Waals surface area (Å²) in [5.41, 5.74) is 0. The molecule has 0 aromatic carbocycles. The molecule has 1 nitrogen and oxygen atoms in total. The Morgan fingerprint density at radius 1 is 0.576 bits per heavy atom. The highest BCUT2D eigenvalue weighted by Crippen LogP contribution is 2.60. The maximum absolute atomic E-state index is 13.7. The van der Waals surface area contributed by atoms with Gasteiger partial charge >= 0.3 is 35.8 Å². The molecular formula is C18H27F13NS+. The van der Waals surface area contributed by atoms with Crippen LogP contribution in [0.2, 0.25) is 0 Å². The van der Waals surface area contributed by atoms with Crippen LogP contribution in [0.5, 0.6) is 0 Å². The first-order chi connectivity index (χ1) is 14.5. The summed E-state index contributed by atoms with van der Waals surface area (Å²) in [6.07, 6.45) is -5.70. The molecule has 0 amide bonds. The molecule has 33 heavy (non-hydrogen) atoms. The van der Waals surface area contributed by atoms with Gasteiger partial charge in [-0.3, -0.25) is 0 Å². The van der Waals surface area contributed by atoms with Crippen LogP contribution in [0, 0.1) is 0 Å². The normalized spacial score (nSPS) is 15.3. The number of thioether (sulfide) groups is 1. The number of hydrogen-bond acceptors (Lipinski definition) is 1. The number of unbranched alkanes of at least 4 members (excludes halogenated alkanes) is 3. The lowest BCUT2D eigenvalue weighted by atomic mass is 9.93. The molecule has 0 saturated heterocycles. The molecule has 200 valence electrons. The lowest BCUT2D eigenvalue weighted by molar-refractivity contribution is -0.888. The molecule has 0 unspecified atom stereocenters. The molecule has 15 heteroatoms. The third-order valence-electron chi connectivity index (χ3n) is 5.02. The molecular weight excluding hydrogens is 509 g/mol. The average Bonchev–Trinajstić information content (AvgIpc) is 2.63. The molecule has 0 aromatic rings. The third-order valence-corrected chi connectivity index (χ3v) is 5.98. The van der Waals surface area contributed by atoms with Crippen molar-refractivity contribution in [2.45, 2.75) is 74.8 Å². The van der Waals surface area contributed by atoms with Crippen LogP contribution in [0.15, 0.2) is 0 Å². The second-order valence-corrected chi connectivity index (χ2v) is 9.53. The second kappa shape index (κ2) is 11.0. The van der Waals surface area contributed by atoms with Crippen molar-refractivity contribution in [1.82, 2.24) is 0 Å². The standard InChI is InChI=1S/C18H27F13NS/c1-4-5-6-7-9-32(2,3)10-12-33-11-8-13(19,20)14(21,22)15(23,24)16(25,26)17(27,28)18(29,30)31/h4-12H2,1-3H3/q+1. The van der Waals surface area contributed by atoms with Crippen LogP contribution in [0.3, 0.4) is 0 Å². The van der Waals surface area contributed by atoms with Gasteiger partial charge in [-0.15, -0.1) is 0 Å². The van der Waals surface area contributed by atoms with Crippen molar-refractivity contribution >= 4 is 11.8 Å². The van der Waals surface area contributed by atoms with Crippen LogP contribution >= 0.6 is 11.8 Å². The third kappa shape index (κ3) is 7.20. The lowest BCUT2D eigenvalue weighted by Gasteiger charge is -2.39. The van der Waals surface area contributed by atoms with E-state index >= 15 is 0 Å². The van der Waals surface area contributed by atoms with Gasteiger partial charge in [0.2, 0.25) is 0 Å². The molecule has 0 N–H and O–H groups in total. The van der Waals surface area contributed by atoms with Crippen molar-refractivity contribution in [3.8, 4) is 0 Å². The van der Waals surface area contributed by atoms with Gasteiger partial charge in [0, 0.05) is 12.2 Å². The van der Waals surface area contributed by atoms with Gasteiger partial charge in [-0.2, -0.15) is 68.8 Å². The number of hydrogen-bond donors (Lipinski definition) is 0. The summed E-state index contributed by atoms with van der Waals surface area (Å²) in [6.45, 7) is 3.09. The number of quaternary nitrogens is 1. The summed E-state index contributed by atoms with van der Waals surface area (Å²) < 4.78 is 170. The molecule has 0 radical (unpaired) electrons. The van der Waals surface area contributed by atoms with Crippen molar-refractivity contribution in [2.75, 3.05) is 38.7 Å². The molecule has 0 aliphatic rings. The largest absolute Gasteiger partial charge is 0.460 e. The number of halogens is 13. The summed E-state index contributed by atoms with van der Waals surface area (Å²) in [5, 5.41) is 0. The maximum atomic E-state index is 13.7. The van der Waals surface area contributed by atoms with Gasteiger partial charge in [0.25, 0.3) is 0 Å².